The second-order valence-corrected chi connectivity index (χ2v) is 5.50. The van der Waals surface area contributed by atoms with E-state index >= 15 is 0 Å². The lowest BCUT2D eigenvalue weighted by molar-refractivity contribution is -0.138. The van der Waals surface area contributed by atoms with Crippen molar-refractivity contribution >= 4 is 23.3 Å². The van der Waals surface area contributed by atoms with Gasteiger partial charge in [-0.15, -0.1) is 0 Å². The van der Waals surface area contributed by atoms with Gasteiger partial charge >= 0.3 is 5.97 Å². The van der Waals surface area contributed by atoms with Crippen LogP contribution in [-0.2, 0) is 9.53 Å². The standard InChI is InChI=1S/C21H21N3O3/c1-3-24(19-11-6-5-7-12-19)20(25)16-9-8-10-18(13-16)23-15-17(14-22)21(26)27-4-2/h5-13,15,23H,3-4H2,1-2H3/b17-15-. The summed E-state index contributed by atoms with van der Waals surface area (Å²) >= 11 is 0. The van der Waals surface area contributed by atoms with E-state index < -0.39 is 5.97 Å². The molecule has 0 aromatic heterocycles. The van der Waals surface area contributed by atoms with Gasteiger partial charge in [-0.05, 0) is 44.2 Å². The third-order valence-electron chi connectivity index (χ3n) is 3.74. The van der Waals surface area contributed by atoms with Crippen molar-refractivity contribution in [3.63, 3.8) is 0 Å². The molecule has 0 aliphatic carbocycles. The lowest BCUT2D eigenvalue weighted by Gasteiger charge is -2.21. The Hall–Kier alpha value is -3.59. The molecule has 0 heterocycles. The van der Waals surface area contributed by atoms with E-state index in [-0.39, 0.29) is 18.1 Å². The zero-order valence-corrected chi connectivity index (χ0v) is 15.3. The molecule has 0 radical (unpaired) electrons. The number of amides is 1. The summed E-state index contributed by atoms with van der Waals surface area (Å²) in [5, 5.41) is 11.9. The average Bonchev–Trinajstić information content (AvgIpc) is 2.70. The topological polar surface area (TPSA) is 82.4 Å². The van der Waals surface area contributed by atoms with Crippen LogP contribution in [0.4, 0.5) is 11.4 Å². The maximum atomic E-state index is 12.9. The van der Waals surface area contributed by atoms with E-state index in [0.717, 1.165) is 5.69 Å². The molecule has 0 aliphatic rings. The lowest BCUT2D eigenvalue weighted by atomic mass is 10.1. The Morgan fingerprint density at radius 3 is 2.52 bits per heavy atom. The molecule has 1 N–H and O–H groups in total. The van der Waals surface area contributed by atoms with E-state index in [1.165, 1.54) is 6.20 Å². The Morgan fingerprint density at radius 1 is 1.15 bits per heavy atom. The highest BCUT2D eigenvalue weighted by Gasteiger charge is 2.16. The zero-order chi connectivity index (χ0) is 19.6. The predicted molar refractivity (Wildman–Crippen MR) is 104 cm³/mol. The number of ether oxygens (including phenoxy) is 1. The van der Waals surface area contributed by atoms with Crippen molar-refractivity contribution in [2.24, 2.45) is 0 Å². The van der Waals surface area contributed by atoms with E-state index in [4.69, 9.17) is 10.00 Å². The highest BCUT2D eigenvalue weighted by molar-refractivity contribution is 6.06. The molecule has 0 saturated heterocycles. The van der Waals surface area contributed by atoms with Gasteiger partial charge in [0.25, 0.3) is 5.91 Å². The minimum atomic E-state index is -0.694. The fraction of sp³-hybridized carbons (Fsp3) is 0.190. The molecule has 2 rings (SSSR count). The van der Waals surface area contributed by atoms with Crippen LogP contribution in [0.2, 0.25) is 0 Å². The quantitative estimate of drug-likeness (QED) is 0.460. The molecule has 0 spiro atoms. The largest absolute Gasteiger partial charge is 0.462 e. The molecule has 0 aliphatic heterocycles. The van der Waals surface area contributed by atoms with Crippen LogP contribution in [0.3, 0.4) is 0 Å². The van der Waals surface area contributed by atoms with E-state index in [2.05, 4.69) is 5.32 Å². The van der Waals surface area contributed by atoms with E-state index in [9.17, 15) is 9.59 Å². The Morgan fingerprint density at radius 2 is 1.89 bits per heavy atom. The van der Waals surface area contributed by atoms with Crippen LogP contribution in [0, 0.1) is 11.3 Å². The summed E-state index contributed by atoms with van der Waals surface area (Å²) in [4.78, 5) is 26.2. The predicted octanol–water partition coefficient (Wildman–Crippen LogP) is 3.74. The number of nitrogens with zero attached hydrogens (tertiary/aromatic N) is 2. The molecule has 0 atom stereocenters. The maximum absolute atomic E-state index is 12.9. The highest BCUT2D eigenvalue weighted by atomic mass is 16.5. The number of esters is 1. The van der Waals surface area contributed by atoms with Crippen molar-refractivity contribution in [1.29, 1.82) is 5.26 Å². The number of nitriles is 1. The molecule has 0 unspecified atom stereocenters. The second-order valence-electron chi connectivity index (χ2n) is 5.50. The average molecular weight is 363 g/mol. The third kappa shape index (κ3) is 5.19. The summed E-state index contributed by atoms with van der Waals surface area (Å²) in [6.45, 7) is 4.30. The number of carbonyl (C=O) groups is 2. The van der Waals surface area contributed by atoms with Gasteiger partial charge in [0, 0.05) is 29.7 Å². The Kier molecular flexibility index (Phi) is 7.15. The lowest BCUT2D eigenvalue weighted by Crippen LogP contribution is -2.30. The van der Waals surface area contributed by atoms with Crippen molar-refractivity contribution in [3.05, 3.63) is 71.9 Å². The van der Waals surface area contributed by atoms with Gasteiger partial charge in [0.15, 0.2) is 5.57 Å². The monoisotopic (exact) mass is 363 g/mol. The first-order valence-electron chi connectivity index (χ1n) is 8.61. The molecule has 1 amide bonds. The molecule has 0 saturated carbocycles. The minimum Gasteiger partial charge on any atom is -0.462 e. The Labute approximate surface area is 158 Å². The number of para-hydroxylation sites is 1. The third-order valence-corrected chi connectivity index (χ3v) is 3.74. The number of anilines is 2. The SMILES string of the molecule is CCOC(=O)/C(C#N)=C\Nc1cccc(C(=O)N(CC)c2ccccc2)c1. The van der Waals surface area contributed by atoms with Gasteiger partial charge in [0.1, 0.15) is 6.07 Å². The Balaban J connectivity index is 2.20. The highest BCUT2D eigenvalue weighted by Crippen LogP contribution is 2.19. The van der Waals surface area contributed by atoms with Crippen molar-refractivity contribution in [1.82, 2.24) is 0 Å². The van der Waals surface area contributed by atoms with Crippen molar-refractivity contribution in [2.75, 3.05) is 23.4 Å². The zero-order valence-electron chi connectivity index (χ0n) is 15.3. The summed E-state index contributed by atoms with van der Waals surface area (Å²) in [7, 11) is 0. The minimum absolute atomic E-state index is 0.137. The maximum Gasteiger partial charge on any atom is 0.350 e. The fourth-order valence-electron chi connectivity index (χ4n) is 2.45. The van der Waals surface area contributed by atoms with Crippen LogP contribution in [0.25, 0.3) is 0 Å². The van der Waals surface area contributed by atoms with Crippen molar-refractivity contribution in [2.45, 2.75) is 13.8 Å². The number of carbonyl (C=O) groups excluding carboxylic acids is 2. The summed E-state index contributed by atoms with van der Waals surface area (Å²) in [5.41, 5.74) is 1.75. The van der Waals surface area contributed by atoms with Crippen LogP contribution in [0.5, 0.6) is 0 Å². The molecule has 27 heavy (non-hydrogen) atoms. The van der Waals surface area contributed by atoms with Crippen molar-refractivity contribution < 1.29 is 14.3 Å². The van der Waals surface area contributed by atoms with Gasteiger partial charge in [0.05, 0.1) is 6.61 Å². The first-order chi connectivity index (χ1) is 13.1. The van der Waals surface area contributed by atoms with Gasteiger partial charge in [-0.1, -0.05) is 24.3 Å². The van der Waals surface area contributed by atoms with E-state index in [1.807, 2.05) is 37.3 Å². The summed E-state index contributed by atoms with van der Waals surface area (Å²) in [6, 6.07) is 18.1. The Bertz CT molecular complexity index is 870. The van der Waals surface area contributed by atoms with Gasteiger partial charge in [-0.3, -0.25) is 4.79 Å². The van der Waals surface area contributed by atoms with E-state index in [0.29, 0.717) is 17.8 Å². The van der Waals surface area contributed by atoms with Crippen LogP contribution in [-0.4, -0.2) is 25.0 Å². The van der Waals surface area contributed by atoms with Crippen molar-refractivity contribution in [3.8, 4) is 6.07 Å². The number of rotatable bonds is 7. The molecule has 0 fully saturated rings. The van der Waals surface area contributed by atoms with Gasteiger partial charge in [-0.25, -0.2) is 4.79 Å². The fourth-order valence-corrected chi connectivity index (χ4v) is 2.45. The summed E-state index contributed by atoms with van der Waals surface area (Å²) < 4.78 is 4.81. The molecule has 2 aromatic carbocycles. The summed E-state index contributed by atoms with van der Waals surface area (Å²) in [6.07, 6.45) is 1.27. The molecular weight excluding hydrogens is 342 g/mol. The van der Waals surface area contributed by atoms with Crippen LogP contribution >= 0.6 is 0 Å². The molecule has 0 bridgehead atoms. The van der Waals surface area contributed by atoms with Crippen LogP contribution < -0.4 is 10.2 Å². The normalized spacial score (nSPS) is 10.6. The van der Waals surface area contributed by atoms with Crippen LogP contribution in [0.1, 0.15) is 24.2 Å². The number of hydrogen-bond donors (Lipinski definition) is 1. The molecule has 6 nitrogen and oxygen atoms in total. The number of nitrogens with one attached hydrogen (secondary N) is 1. The molecular formula is C21H21N3O3. The number of benzene rings is 2. The van der Waals surface area contributed by atoms with E-state index in [1.54, 1.807) is 42.2 Å². The molecule has 2 aromatic rings. The smallest absolute Gasteiger partial charge is 0.350 e. The molecule has 138 valence electrons. The van der Waals surface area contributed by atoms with Crippen LogP contribution in [0.15, 0.2) is 66.4 Å². The first-order valence-corrected chi connectivity index (χ1v) is 8.61. The van der Waals surface area contributed by atoms with Gasteiger partial charge in [-0.2, -0.15) is 5.26 Å². The van der Waals surface area contributed by atoms with Gasteiger partial charge in [0.2, 0.25) is 0 Å². The molecule has 6 heteroatoms. The first kappa shape index (κ1) is 19.7. The second kappa shape index (κ2) is 9.78. The number of hydrogen-bond acceptors (Lipinski definition) is 5. The van der Waals surface area contributed by atoms with Gasteiger partial charge < -0.3 is 15.0 Å². The summed E-state index contributed by atoms with van der Waals surface area (Å²) in [5.74, 6) is -0.830.